The third-order valence-corrected chi connectivity index (χ3v) is 6.98. The second kappa shape index (κ2) is 13.4. The molecule has 0 atom stereocenters. The van der Waals surface area contributed by atoms with Gasteiger partial charge in [0.05, 0.1) is 24.6 Å². The summed E-state index contributed by atoms with van der Waals surface area (Å²) < 4.78 is 5.44. The number of aromatic nitrogens is 1. The van der Waals surface area contributed by atoms with E-state index in [1.807, 2.05) is 23.1 Å². The molecule has 0 bridgehead atoms. The molecule has 2 fully saturated rings. The molecule has 2 aromatic rings. The molecule has 4 N–H and O–H groups in total. The molecule has 37 heavy (non-hydrogen) atoms. The van der Waals surface area contributed by atoms with E-state index in [1.165, 1.54) is 0 Å². The summed E-state index contributed by atoms with van der Waals surface area (Å²) in [5, 5.41) is 6.04. The van der Waals surface area contributed by atoms with E-state index >= 15 is 0 Å². The Balaban J connectivity index is 1.36. The van der Waals surface area contributed by atoms with Gasteiger partial charge in [-0.2, -0.15) is 0 Å². The number of hydrogen-bond acceptors (Lipinski definition) is 7. The highest BCUT2D eigenvalue weighted by atomic mass is 16.5. The Morgan fingerprint density at radius 1 is 1.11 bits per heavy atom. The van der Waals surface area contributed by atoms with E-state index < -0.39 is 0 Å². The lowest BCUT2D eigenvalue weighted by Crippen LogP contribution is -2.49. The highest BCUT2D eigenvalue weighted by Gasteiger charge is 2.22. The van der Waals surface area contributed by atoms with E-state index in [9.17, 15) is 9.59 Å². The predicted molar refractivity (Wildman–Crippen MR) is 144 cm³/mol. The number of hydrogen-bond donors (Lipinski definition) is 3. The molecule has 10 heteroatoms. The van der Waals surface area contributed by atoms with Gasteiger partial charge in [-0.15, -0.1) is 0 Å². The maximum absolute atomic E-state index is 13.3. The van der Waals surface area contributed by atoms with Gasteiger partial charge < -0.3 is 30.9 Å². The molecule has 2 saturated heterocycles. The summed E-state index contributed by atoms with van der Waals surface area (Å²) in [4.78, 5) is 36.8. The largest absolute Gasteiger partial charge is 0.397 e. The number of carbonyl (C=O) groups is 2. The second-order valence-electron chi connectivity index (χ2n) is 9.85. The van der Waals surface area contributed by atoms with Crippen LogP contribution >= 0.6 is 0 Å². The van der Waals surface area contributed by atoms with Crippen molar-refractivity contribution in [2.75, 3.05) is 70.6 Å². The van der Waals surface area contributed by atoms with E-state index in [0.29, 0.717) is 30.2 Å². The number of urea groups is 1. The Hall–Kier alpha value is -3.21. The van der Waals surface area contributed by atoms with Gasteiger partial charge in [-0.05, 0) is 63.2 Å². The molecule has 1 aromatic heterocycles. The molecule has 10 nitrogen and oxygen atoms in total. The fraction of sp³-hybridized carbons (Fsp3) is 0.519. The Labute approximate surface area is 219 Å². The minimum atomic E-state index is -0.327. The van der Waals surface area contributed by atoms with Gasteiger partial charge in [0.15, 0.2) is 0 Å². The second-order valence-corrected chi connectivity index (χ2v) is 9.85. The summed E-state index contributed by atoms with van der Waals surface area (Å²) in [6.07, 6.45) is 4.47. The van der Waals surface area contributed by atoms with Crippen molar-refractivity contribution >= 4 is 23.3 Å². The number of anilines is 2. The number of nitrogens with two attached hydrogens (primary N) is 1. The number of likely N-dealkylation sites (tertiary alicyclic amines) is 1. The number of amides is 3. The van der Waals surface area contributed by atoms with E-state index in [-0.39, 0.29) is 18.0 Å². The van der Waals surface area contributed by atoms with Crippen LogP contribution in [-0.2, 0) is 11.3 Å². The molecule has 4 rings (SSSR count). The SMILES string of the molecule is CN1CCC(NC(=O)N(CCCN2CCOCC2)Cc2ccc(C(=O)Nc3ccccc3N)nc2)CC1. The Kier molecular flexibility index (Phi) is 9.70. The Bertz CT molecular complexity index is 1020. The highest BCUT2D eigenvalue weighted by Crippen LogP contribution is 2.18. The van der Waals surface area contributed by atoms with Crippen molar-refractivity contribution in [1.29, 1.82) is 0 Å². The zero-order valence-electron chi connectivity index (χ0n) is 21.7. The first kappa shape index (κ1) is 26.8. The van der Waals surface area contributed by atoms with Crippen molar-refractivity contribution in [1.82, 2.24) is 25.0 Å². The number of rotatable bonds is 9. The topological polar surface area (TPSA) is 116 Å². The molecule has 3 amide bonds. The minimum absolute atomic E-state index is 0.0436. The molecular formula is C27H39N7O3. The smallest absolute Gasteiger partial charge is 0.317 e. The average molecular weight is 510 g/mol. The number of pyridine rings is 1. The zero-order valence-corrected chi connectivity index (χ0v) is 21.7. The molecule has 200 valence electrons. The molecule has 0 radical (unpaired) electrons. The van der Waals surface area contributed by atoms with Crippen molar-refractivity contribution in [3.8, 4) is 0 Å². The monoisotopic (exact) mass is 509 g/mol. The third-order valence-electron chi connectivity index (χ3n) is 6.98. The number of piperidine rings is 1. The molecule has 2 aliphatic heterocycles. The fourth-order valence-electron chi connectivity index (χ4n) is 4.65. The Morgan fingerprint density at radius 2 is 1.86 bits per heavy atom. The van der Waals surface area contributed by atoms with E-state index in [2.05, 4.69) is 32.5 Å². The molecule has 0 saturated carbocycles. The quantitative estimate of drug-likeness (QED) is 0.444. The van der Waals surface area contributed by atoms with Gasteiger partial charge >= 0.3 is 6.03 Å². The van der Waals surface area contributed by atoms with E-state index in [0.717, 1.165) is 70.8 Å². The summed E-state index contributed by atoms with van der Waals surface area (Å²) in [6.45, 7) is 7.39. The first-order valence-electron chi connectivity index (χ1n) is 13.1. The molecule has 1 aromatic carbocycles. The standard InChI is InChI=1S/C27H39N7O3/c1-32-13-9-22(10-14-32)30-27(36)34(12-4-11-33-15-17-37-18-16-33)20-21-7-8-25(29-19-21)26(35)31-24-6-3-2-5-23(24)28/h2-3,5-8,19,22H,4,9-18,20,28H2,1H3,(H,30,36)(H,31,35). The predicted octanol–water partition coefficient (Wildman–Crippen LogP) is 2.24. The molecule has 2 aliphatic rings. The lowest BCUT2D eigenvalue weighted by Gasteiger charge is -2.32. The molecule has 3 heterocycles. The lowest BCUT2D eigenvalue weighted by atomic mass is 10.1. The number of para-hydroxylation sites is 2. The van der Waals surface area contributed by atoms with Crippen LogP contribution in [0.2, 0.25) is 0 Å². The maximum Gasteiger partial charge on any atom is 0.317 e. The number of nitrogens with one attached hydrogen (secondary N) is 2. The van der Waals surface area contributed by atoms with E-state index in [1.54, 1.807) is 24.4 Å². The average Bonchev–Trinajstić information content (AvgIpc) is 2.91. The zero-order chi connectivity index (χ0) is 26.0. The number of nitrogens with zero attached hydrogens (tertiary/aromatic N) is 4. The number of morpholine rings is 1. The summed E-state index contributed by atoms with van der Waals surface area (Å²) >= 11 is 0. The lowest BCUT2D eigenvalue weighted by molar-refractivity contribution is 0.0364. The number of carbonyl (C=O) groups excluding carboxylic acids is 2. The van der Waals surface area contributed by atoms with Gasteiger partial charge in [-0.3, -0.25) is 14.7 Å². The first-order chi connectivity index (χ1) is 18.0. The van der Waals surface area contributed by atoms with E-state index in [4.69, 9.17) is 10.5 Å². The number of ether oxygens (including phenoxy) is 1. The van der Waals surface area contributed by atoms with Crippen molar-refractivity contribution in [2.45, 2.75) is 31.8 Å². The van der Waals surface area contributed by atoms with Gasteiger partial charge in [-0.25, -0.2) is 4.79 Å². The van der Waals surface area contributed by atoms with Crippen molar-refractivity contribution in [2.24, 2.45) is 0 Å². The van der Waals surface area contributed by atoms with Crippen LogP contribution in [0.5, 0.6) is 0 Å². The van der Waals surface area contributed by atoms with Crippen molar-refractivity contribution < 1.29 is 14.3 Å². The van der Waals surface area contributed by atoms with Gasteiger partial charge in [-0.1, -0.05) is 18.2 Å². The number of benzene rings is 1. The van der Waals surface area contributed by atoms with Crippen LogP contribution in [0.1, 0.15) is 35.3 Å². The van der Waals surface area contributed by atoms with Crippen molar-refractivity contribution in [3.05, 3.63) is 53.9 Å². The molecule has 0 unspecified atom stereocenters. The maximum atomic E-state index is 13.3. The van der Waals surface area contributed by atoms with Crippen molar-refractivity contribution in [3.63, 3.8) is 0 Å². The van der Waals surface area contributed by atoms with Gasteiger partial charge in [0.2, 0.25) is 0 Å². The molecular weight excluding hydrogens is 470 g/mol. The fourth-order valence-corrected chi connectivity index (χ4v) is 4.65. The van der Waals surface area contributed by atoms with Crippen LogP contribution < -0.4 is 16.4 Å². The Morgan fingerprint density at radius 3 is 2.57 bits per heavy atom. The van der Waals surface area contributed by atoms with Crippen LogP contribution in [0.3, 0.4) is 0 Å². The molecule has 0 aliphatic carbocycles. The van der Waals surface area contributed by atoms with Gasteiger partial charge in [0, 0.05) is 45.0 Å². The van der Waals surface area contributed by atoms with Crippen LogP contribution in [0.4, 0.5) is 16.2 Å². The van der Waals surface area contributed by atoms with Gasteiger partial charge in [0.25, 0.3) is 5.91 Å². The first-order valence-corrected chi connectivity index (χ1v) is 13.1. The van der Waals surface area contributed by atoms with Crippen LogP contribution in [0.15, 0.2) is 42.6 Å². The summed E-state index contributed by atoms with van der Waals surface area (Å²) in [5.74, 6) is -0.327. The highest BCUT2D eigenvalue weighted by molar-refractivity contribution is 6.04. The van der Waals surface area contributed by atoms with Crippen LogP contribution in [-0.4, -0.2) is 97.2 Å². The summed E-state index contributed by atoms with van der Waals surface area (Å²) in [7, 11) is 2.11. The van der Waals surface area contributed by atoms with Crippen LogP contribution in [0.25, 0.3) is 0 Å². The summed E-state index contributed by atoms with van der Waals surface area (Å²) in [5.41, 5.74) is 8.14. The summed E-state index contributed by atoms with van der Waals surface area (Å²) in [6, 6.07) is 10.8. The number of nitrogen functional groups attached to an aromatic ring is 1. The third kappa shape index (κ3) is 8.14. The normalized spacial score (nSPS) is 17.3. The van der Waals surface area contributed by atoms with Gasteiger partial charge in [0.1, 0.15) is 5.69 Å². The minimum Gasteiger partial charge on any atom is -0.397 e. The van der Waals surface area contributed by atoms with Crippen LogP contribution in [0, 0.1) is 0 Å². The molecule has 0 spiro atoms.